The zero-order valence-electron chi connectivity index (χ0n) is 37.9. The van der Waals surface area contributed by atoms with Gasteiger partial charge >= 0.3 is 18.2 Å². The number of hydrogen-bond donors (Lipinski definition) is 3. The van der Waals surface area contributed by atoms with Gasteiger partial charge in [0.2, 0.25) is 11.8 Å². The molecule has 5 rings (SSSR count). The molecule has 3 N–H and O–H groups in total. The van der Waals surface area contributed by atoms with Gasteiger partial charge in [0.05, 0.1) is 25.3 Å². The molecule has 0 spiro atoms. The number of epoxide rings is 1. The van der Waals surface area contributed by atoms with Crippen molar-refractivity contribution in [2.24, 2.45) is 17.8 Å². The number of fused-ring (bicyclic) bond motifs is 5. The lowest BCUT2D eigenvalue weighted by Crippen LogP contribution is -2.63. The van der Waals surface area contributed by atoms with Crippen LogP contribution in [0.3, 0.4) is 0 Å². The fraction of sp³-hybridized carbons (Fsp3) is 0.667. The van der Waals surface area contributed by atoms with Gasteiger partial charge in [-0.15, -0.1) is 0 Å². The van der Waals surface area contributed by atoms with Crippen molar-refractivity contribution < 1.29 is 57.5 Å². The summed E-state index contributed by atoms with van der Waals surface area (Å²) in [5, 5.41) is 17.4. The molecule has 1 aromatic rings. The third-order valence-electron chi connectivity index (χ3n) is 12.6. The van der Waals surface area contributed by atoms with E-state index >= 15 is 0 Å². The Labute approximate surface area is 369 Å². The zero-order chi connectivity index (χ0) is 45.9. The second-order valence-corrected chi connectivity index (χ2v) is 18.8. The Bertz CT molecular complexity index is 1910. The van der Waals surface area contributed by atoms with Crippen LogP contribution < -0.4 is 20.3 Å². The molecule has 4 amide bonds. The van der Waals surface area contributed by atoms with Crippen molar-refractivity contribution in [3.05, 3.63) is 46.5 Å². The molecule has 3 aliphatic heterocycles. The summed E-state index contributed by atoms with van der Waals surface area (Å²) in [6, 6.07) is 2.56. The Morgan fingerprint density at radius 3 is 2.45 bits per heavy atom. The fourth-order valence-corrected chi connectivity index (χ4v) is 8.95. The second-order valence-electron chi connectivity index (χ2n) is 18.4. The third-order valence-corrected chi connectivity index (χ3v) is 13.0. The van der Waals surface area contributed by atoms with Crippen LogP contribution in [0.15, 0.2) is 35.9 Å². The molecule has 1 aliphatic carbocycles. The SMILES string of the molecule is COc1cc2cc(c1Cl)N(C)C(=O)C[C@H](OC(=O)[C@H](C)N(C)C(=O)[C@H]1CC[C@H](CNC(=O)OC(C)(C)C)CC1)[C@]1(C)OC1[C@H](C)[C@@H]1C[C@@](O)(NC(=O)O1)[C@H](OC)/C=C/C=C(\C)C2. The molecule has 0 aromatic heterocycles. The van der Waals surface area contributed by atoms with Crippen LogP contribution in [0.5, 0.6) is 5.75 Å². The summed E-state index contributed by atoms with van der Waals surface area (Å²) in [6.45, 7) is 12.9. The molecule has 16 nitrogen and oxygen atoms in total. The molecule has 1 unspecified atom stereocenters. The van der Waals surface area contributed by atoms with Gasteiger partial charge in [-0.05, 0) is 97.3 Å². The number of esters is 1. The largest absolute Gasteiger partial charge is 0.495 e. The van der Waals surface area contributed by atoms with E-state index in [1.165, 1.54) is 24.0 Å². The lowest BCUT2D eigenvalue weighted by Gasteiger charge is -2.42. The van der Waals surface area contributed by atoms with Gasteiger partial charge in [0, 0.05) is 46.0 Å². The summed E-state index contributed by atoms with van der Waals surface area (Å²) in [7, 11) is 6.05. The number of ether oxygens (including phenoxy) is 6. The van der Waals surface area contributed by atoms with Crippen molar-refractivity contribution in [3.63, 3.8) is 0 Å². The molecule has 17 heteroatoms. The number of carbonyl (C=O) groups is 5. The van der Waals surface area contributed by atoms with E-state index in [-0.39, 0.29) is 35.6 Å². The van der Waals surface area contributed by atoms with Gasteiger partial charge in [0.25, 0.3) is 0 Å². The van der Waals surface area contributed by atoms with Gasteiger partial charge < -0.3 is 48.6 Å². The molecular weight excluding hydrogens is 824 g/mol. The summed E-state index contributed by atoms with van der Waals surface area (Å²) >= 11 is 6.81. The first kappa shape index (κ1) is 48.6. The highest BCUT2D eigenvalue weighted by molar-refractivity contribution is 6.35. The van der Waals surface area contributed by atoms with E-state index in [1.807, 2.05) is 13.0 Å². The molecular formula is C45H65ClN4O12. The molecule has 1 saturated carbocycles. The molecule has 3 fully saturated rings. The third kappa shape index (κ3) is 11.4. The van der Waals surface area contributed by atoms with Crippen LogP contribution in [0, 0.1) is 17.8 Å². The number of nitrogens with one attached hydrogen (secondary N) is 2. The average Bonchev–Trinajstić information content (AvgIpc) is 3.91. The first-order valence-corrected chi connectivity index (χ1v) is 21.7. The second kappa shape index (κ2) is 19.6. The number of carbonyl (C=O) groups excluding carboxylic acids is 5. The van der Waals surface area contributed by atoms with Crippen molar-refractivity contribution in [3.8, 4) is 5.75 Å². The molecule has 8 atom stereocenters. The van der Waals surface area contributed by atoms with Crippen LogP contribution in [0.2, 0.25) is 5.02 Å². The van der Waals surface area contributed by atoms with E-state index in [1.54, 1.807) is 79.9 Å². The quantitative estimate of drug-likeness (QED) is 0.161. The van der Waals surface area contributed by atoms with Crippen LogP contribution in [0.1, 0.15) is 92.6 Å². The molecule has 3 heterocycles. The zero-order valence-corrected chi connectivity index (χ0v) is 38.6. The number of benzene rings is 1. The Kier molecular flexibility index (Phi) is 15.4. The first-order valence-electron chi connectivity index (χ1n) is 21.3. The minimum Gasteiger partial charge on any atom is -0.495 e. The predicted octanol–water partition coefficient (Wildman–Crippen LogP) is 5.85. The van der Waals surface area contributed by atoms with Gasteiger partial charge in [-0.25, -0.2) is 14.4 Å². The molecule has 4 bridgehead atoms. The van der Waals surface area contributed by atoms with Crippen LogP contribution in [-0.2, 0) is 44.5 Å². The van der Waals surface area contributed by atoms with E-state index in [0.29, 0.717) is 50.1 Å². The van der Waals surface area contributed by atoms with Gasteiger partial charge in [-0.2, -0.15) is 0 Å². The van der Waals surface area contributed by atoms with Crippen LogP contribution in [0.4, 0.5) is 15.3 Å². The van der Waals surface area contributed by atoms with Gasteiger partial charge in [0.15, 0.2) is 5.72 Å². The number of alkyl carbamates (subject to hydrolysis) is 2. The Morgan fingerprint density at radius 2 is 1.82 bits per heavy atom. The lowest BCUT2D eigenvalue weighted by atomic mass is 9.81. The number of nitrogens with zero attached hydrogens (tertiary/aromatic N) is 2. The van der Waals surface area contributed by atoms with Crippen molar-refractivity contribution >= 4 is 47.3 Å². The van der Waals surface area contributed by atoms with E-state index in [4.69, 9.17) is 40.0 Å². The Morgan fingerprint density at radius 1 is 1.15 bits per heavy atom. The maximum absolute atomic E-state index is 14.3. The minimum absolute atomic E-state index is 0.0657. The van der Waals surface area contributed by atoms with E-state index in [0.717, 1.165) is 11.1 Å². The molecule has 62 heavy (non-hydrogen) atoms. The molecule has 4 aliphatic rings. The number of aliphatic hydroxyl groups is 1. The van der Waals surface area contributed by atoms with Crippen LogP contribution in [0.25, 0.3) is 0 Å². The van der Waals surface area contributed by atoms with Crippen molar-refractivity contribution in [2.75, 3.05) is 39.8 Å². The van der Waals surface area contributed by atoms with Gasteiger partial charge in [-0.1, -0.05) is 42.3 Å². The monoisotopic (exact) mass is 888 g/mol. The van der Waals surface area contributed by atoms with Crippen molar-refractivity contribution in [2.45, 2.75) is 141 Å². The maximum Gasteiger partial charge on any atom is 0.409 e. The molecule has 1 aromatic carbocycles. The lowest BCUT2D eigenvalue weighted by molar-refractivity contribution is -0.163. The van der Waals surface area contributed by atoms with E-state index in [9.17, 15) is 29.1 Å². The summed E-state index contributed by atoms with van der Waals surface area (Å²) in [4.78, 5) is 70.1. The number of amides is 4. The predicted molar refractivity (Wildman–Crippen MR) is 231 cm³/mol. The number of halogens is 1. The van der Waals surface area contributed by atoms with Gasteiger partial charge in [0.1, 0.15) is 46.3 Å². The topological polar surface area (TPSA) is 195 Å². The summed E-state index contributed by atoms with van der Waals surface area (Å²) < 4.78 is 34.8. The number of methoxy groups -OCH3 is 2. The number of likely N-dealkylation sites (N-methyl/N-ethyl adjacent to an activating group) is 1. The minimum atomic E-state index is -1.85. The first-order chi connectivity index (χ1) is 29.0. The average molecular weight is 889 g/mol. The number of anilines is 1. The van der Waals surface area contributed by atoms with Gasteiger partial charge in [-0.3, -0.25) is 14.9 Å². The van der Waals surface area contributed by atoms with Crippen LogP contribution in [-0.4, -0.2) is 122 Å². The number of hydrogen-bond acceptors (Lipinski definition) is 12. The highest BCUT2D eigenvalue weighted by Crippen LogP contribution is 2.49. The summed E-state index contributed by atoms with van der Waals surface area (Å²) in [6.07, 6.45) is 2.90. The van der Waals surface area contributed by atoms with E-state index in [2.05, 4.69) is 10.6 Å². The van der Waals surface area contributed by atoms with Crippen molar-refractivity contribution in [1.29, 1.82) is 0 Å². The maximum atomic E-state index is 14.3. The summed E-state index contributed by atoms with van der Waals surface area (Å²) in [5.41, 5.74) is -1.60. The van der Waals surface area contributed by atoms with E-state index < -0.39 is 77.4 Å². The summed E-state index contributed by atoms with van der Waals surface area (Å²) in [5.74, 6) is -1.72. The molecule has 2 saturated heterocycles. The normalized spacial score (nSPS) is 32.4. The fourth-order valence-electron chi connectivity index (χ4n) is 8.64. The molecule has 344 valence electrons. The highest BCUT2D eigenvalue weighted by Gasteiger charge is 2.64. The number of rotatable bonds is 8. The van der Waals surface area contributed by atoms with Crippen LogP contribution >= 0.6 is 11.6 Å². The highest BCUT2D eigenvalue weighted by atomic mass is 35.5. The molecule has 0 radical (unpaired) electrons. The smallest absolute Gasteiger partial charge is 0.409 e. The Hall–Kier alpha value is -4.38. The Balaban J connectivity index is 1.38. The number of allylic oxidation sites excluding steroid dienone is 3. The van der Waals surface area contributed by atoms with Crippen molar-refractivity contribution in [1.82, 2.24) is 15.5 Å². The standard InChI is InChI=1S/C45H65ClN4O12/c1-25-13-12-14-34(58-11)45(56)23-33(59-42(55)48-45)26(2)38-44(7,61-38)35(22-36(51)50(9)31-20-29(19-25)21-32(57-10)37(31)46)60-40(53)27(3)49(8)39(52)30-17-15-28(16-18-30)24-47-41(54)62-43(4,5)6/h12-14,20-21,26-28,30,33-35,38,56H,15-19,22-24H2,1-11H3,(H,47,54)(H,48,55)/b14-12+,25-13+/t26-,27+,28-,30-,33+,34-,35+,38?,44+,45+/m1/s1.